The Balaban J connectivity index is 1.72. The second-order valence-corrected chi connectivity index (χ2v) is 9.15. The van der Waals surface area contributed by atoms with Crippen LogP contribution in [0.15, 0.2) is 42.5 Å². The highest BCUT2D eigenvalue weighted by atomic mass is 35.5. The number of hydrogen-bond acceptors (Lipinski definition) is 5. The summed E-state index contributed by atoms with van der Waals surface area (Å²) in [6.07, 6.45) is 2.38. The van der Waals surface area contributed by atoms with Gasteiger partial charge in [0, 0.05) is 24.3 Å². The molecule has 0 bridgehead atoms. The predicted octanol–water partition coefficient (Wildman–Crippen LogP) is 2.88. The molecular weight excluding hydrogens is 430 g/mol. The van der Waals surface area contributed by atoms with Crippen LogP contribution in [-0.2, 0) is 19.6 Å². The SMILES string of the molecule is COc1ccc(N(CC(=O)Nc2ccc(N3CCCC3=O)cc2)S(C)(=O)=O)cc1Cl. The number of carbonyl (C=O) groups excluding carboxylic acids is 2. The molecule has 0 saturated carbocycles. The van der Waals surface area contributed by atoms with E-state index >= 15 is 0 Å². The van der Waals surface area contributed by atoms with Crippen LogP contribution in [0, 0.1) is 0 Å². The number of methoxy groups -OCH3 is 1. The van der Waals surface area contributed by atoms with E-state index in [2.05, 4.69) is 5.32 Å². The second kappa shape index (κ2) is 8.93. The number of anilines is 3. The third-order valence-electron chi connectivity index (χ3n) is 4.65. The largest absolute Gasteiger partial charge is 0.495 e. The van der Waals surface area contributed by atoms with Crippen molar-refractivity contribution in [3.05, 3.63) is 47.5 Å². The molecule has 1 N–H and O–H groups in total. The minimum absolute atomic E-state index is 0.0775. The van der Waals surface area contributed by atoms with Gasteiger partial charge >= 0.3 is 0 Å². The van der Waals surface area contributed by atoms with E-state index < -0.39 is 22.5 Å². The van der Waals surface area contributed by atoms with Crippen LogP contribution >= 0.6 is 11.6 Å². The normalized spacial score (nSPS) is 14.0. The van der Waals surface area contributed by atoms with Crippen molar-refractivity contribution in [2.45, 2.75) is 12.8 Å². The Bertz CT molecular complexity index is 1060. The van der Waals surface area contributed by atoms with E-state index in [-0.39, 0.29) is 16.6 Å². The van der Waals surface area contributed by atoms with Gasteiger partial charge in [0.05, 0.1) is 24.1 Å². The van der Waals surface area contributed by atoms with E-state index in [1.54, 1.807) is 29.2 Å². The summed E-state index contributed by atoms with van der Waals surface area (Å²) < 4.78 is 30.5. The summed E-state index contributed by atoms with van der Waals surface area (Å²) in [5.74, 6) is -0.0408. The minimum atomic E-state index is -3.74. The summed E-state index contributed by atoms with van der Waals surface area (Å²) in [5, 5.41) is 2.91. The molecule has 160 valence electrons. The molecule has 0 aliphatic carbocycles. The summed E-state index contributed by atoms with van der Waals surface area (Å²) in [7, 11) is -2.28. The topological polar surface area (TPSA) is 96.0 Å². The zero-order valence-electron chi connectivity index (χ0n) is 16.6. The maximum Gasteiger partial charge on any atom is 0.245 e. The molecule has 2 aromatic carbocycles. The highest BCUT2D eigenvalue weighted by molar-refractivity contribution is 7.92. The zero-order chi connectivity index (χ0) is 21.9. The van der Waals surface area contributed by atoms with Gasteiger partial charge in [-0.25, -0.2) is 8.42 Å². The number of carbonyl (C=O) groups is 2. The Hall–Kier alpha value is -2.78. The number of nitrogens with one attached hydrogen (secondary N) is 1. The summed E-state index contributed by atoms with van der Waals surface area (Å²) in [6.45, 7) is 0.256. The smallest absolute Gasteiger partial charge is 0.245 e. The molecule has 1 saturated heterocycles. The number of halogens is 1. The fourth-order valence-corrected chi connectivity index (χ4v) is 4.29. The van der Waals surface area contributed by atoms with Gasteiger partial charge < -0.3 is 15.0 Å². The summed E-state index contributed by atoms with van der Waals surface area (Å²) in [4.78, 5) is 26.0. The maximum absolute atomic E-state index is 12.5. The number of ether oxygens (including phenoxy) is 1. The van der Waals surface area contributed by atoms with Gasteiger partial charge in [0.1, 0.15) is 12.3 Å². The van der Waals surface area contributed by atoms with Crippen molar-refractivity contribution < 1.29 is 22.7 Å². The third kappa shape index (κ3) is 5.03. The summed E-state index contributed by atoms with van der Waals surface area (Å²) >= 11 is 6.09. The van der Waals surface area contributed by atoms with E-state index in [0.29, 0.717) is 24.4 Å². The molecule has 30 heavy (non-hydrogen) atoms. The number of rotatable bonds is 7. The molecule has 10 heteroatoms. The van der Waals surface area contributed by atoms with E-state index in [9.17, 15) is 18.0 Å². The molecule has 0 aromatic heterocycles. The van der Waals surface area contributed by atoms with E-state index in [0.717, 1.165) is 22.7 Å². The molecule has 0 atom stereocenters. The molecule has 8 nitrogen and oxygen atoms in total. The highest BCUT2D eigenvalue weighted by Gasteiger charge is 2.23. The summed E-state index contributed by atoms with van der Waals surface area (Å²) in [5.41, 5.74) is 1.51. The number of nitrogens with zero attached hydrogens (tertiary/aromatic N) is 2. The monoisotopic (exact) mass is 451 g/mol. The Kier molecular flexibility index (Phi) is 6.52. The van der Waals surface area contributed by atoms with Crippen molar-refractivity contribution >= 4 is 50.5 Å². The maximum atomic E-state index is 12.5. The van der Waals surface area contributed by atoms with E-state index in [1.165, 1.54) is 25.3 Å². The van der Waals surface area contributed by atoms with Gasteiger partial charge in [-0.15, -0.1) is 0 Å². The van der Waals surface area contributed by atoms with Crippen molar-refractivity contribution in [2.75, 3.05) is 41.0 Å². The fourth-order valence-electron chi connectivity index (χ4n) is 3.19. The molecule has 3 rings (SSSR count). The first-order valence-electron chi connectivity index (χ1n) is 9.20. The fraction of sp³-hybridized carbons (Fsp3) is 0.300. The van der Waals surface area contributed by atoms with Gasteiger partial charge in [-0.3, -0.25) is 13.9 Å². The molecule has 1 fully saturated rings. The Labute approximate surface area is 180 Å². The third-order valence-corrected chi connectivity index (χ3v) is 6.08. The van der Waals surface area contributed by atoms with Gasteiger partial charge in [-0.1, -0.05) is 11.6 Å². The van der Waals surface area contributed by atoms with Crippen LogP contribution in [0.5, 0.6) is 5.75 Å². The average molecular weight is 452 g/mol. The number of sulfonamides is 1. The Morgan fingerprint density at radius 1 is 1.23 bits per heavy atom. The average Bonchev–Trinajstić information content (AvgIpc) is 3.12. The zero-order valence-corrected chi connectivity index (χ0v) is 18.2. The van der Waals surface area contributed by atoms with Crippen LogP contribution in [0.25, 0.3) is 0 Å². The minimum Gasteiger partial charge on any atom is -0.495 e. The van der Waals surface area contributed by atoms with Crippen LogP contribution in [0.3, 0.4) is 0 Å². The lowest BCUT2D eigenvalue weighted by atomic mass is 10.2. The predicted molar refractivity (Wildman–Crippen MR) is 117 cm³/mol. The molecule has 1 aliphatic rings. The quantitative estimate of drug-likeness (QED) is 0.698. The van der Waals surface area contributed by atoms with Crippen LogP contribution in [0.2, 0.25) is 5.02 Å². The first-order chi connectivity index (χ1) is 14.2. The molecule has 2 aromatic rings. The Morgan fingerprint density at radius 3 is 2.47 bits per heavy atom. The van der Waals surface area contributed by atoms with Crippen molar-refractivity contribution in [1.82, 2.24) is 0 Å². The second-order valence-electron chi connectivity index (χ2n) is 6.83. The van der Waals surface area contributed by atoms with Crippen LogP contribution < -0.4 is 19.3 Å². The first-order valence-corrected chi connectivity index (χ1v) is 11.4. The van der Waals surface area contributed by atoms with Crippen LogP contribution in [-0.4, -0.2) is 46.7 Å². The molecule has 1 heterocycles. The first kappa shape index (κ1) is 21.9. The van der Waals surface area contributed by atoms with E-state index in [4.69, 9.17) is 16.3 Å². The standard InChI is InChI=1S/C20H22ClN3O5S/c1-29-18-10-9-16(12-17(18)21)24(30(2,27)28)13-19(25)22-14-5-7-15(8-6-14)23-11-3-4-20(23)26/h5-10,12H,3-4,11,13H2,1-2H3,(H,22,25). The summed E-state index contributed by atoms with van der Waals surface area (Å²) in [6, 6.07) is 11.3. The van der Waals surface area contributed by atoms with Crippen molar-refractivity contribution in [1.29, 1.82) is 0 Å². The van der Waals surface area contributed by atoms with Gasteiger partial charge in [-0.2, -0.15) is 0 Å². The molecule has 2 amide bonds. The Morgan fingerprint density at radius 2 is 1.93 bits per heavy atom. The molecule has 0 spiro atoms. The van der Waals surface area contributed by atoms with Gasteiger partial charge in [0.25, 0.3) is 0 Å². The molecule has 0 unspecified atom stereocenters. The number of amides is 2. The van der Waals surface area contributed by atoms with Gasteiger partial charge in [0.15, 0.2) is 0 Å². The van der Waals surface area contributed by atoms with Crippen molar-refractivity contribution in [2.24, 2.45) is 0 Å². The van der Waals surface area contributed by atoms with Gasteiger partial charge in [0.2, 0.25) is 21.8 Å². The van der Waals surface area contributed by atoms with Gasteiger partial charge in [-0.05, 0) is 48.9 Å². The molecule has 1 aliphatic heterocycles. The van der Waals surface area contributed by atoms with E-state index in [1.807, 2.05) is 0 Å². The van der Waals surface area contributed by atoms with Crippen molar-refractivity contribution in [3.8, 4) is 5.75 Å². The lowest BCUT2D eigenvalue weighted by molar-refractivity contribution is -0.117. The number of hydrogen-bond donors (Lipinski definition) is 1. The number of benzene rings is 2. The highest BCUT2D eigenvalue weighted by Crippen LogP contribution is 2.30. The lowest BCUT2D eigenvalue weighted by Crippen LogP contribution is -2.37. The molecular formula is C20H22ClN3O5S. The molecule has 0 radical (unpaired) electrons. The van der Waals surface area contributed by atoms with Crippen molar-refractivity contribution in [3.63, 3.8) is 0 Å². The van der Waals surface area contributed by atoms with Crippen LogP contribution in [0.4, 0.5) is 17.1 Å². The van der Waals surface area contributed by atoms with Crippen LogP contribution in [0.1, 0.15) is 12.8 Å². The lowest BCUT2D eigenvalue weighted by Gasteiger charge is -2.22.